The molecular formula is C20H31N3O7. The molecule has 1 rings (SSSR count). The molecular weight excluding hydrogens is 394 g/mol. The molecule has 10 heteroatoms. The fourth-order valence-corrected chi connectivity index (χ4v) is 2.26. The number of anilines is 1. The maximum atomic E-state index is 12.2. The number of carbonyl (C=O) groups excluding carboxylic acids is 3. The third-order valence-electron chi connectivity index (χ3n) is 3.84. The fraction of sp³-hybridized carbons (Fsp3) is 0.550. The first kappa shape index (κ1) is 25.3. The van der Waals surface area contributed by atoms with Gasteiger partial charge in [0.2, 0.25) is 0 Å². The minimum absolute atomic E-state index is 0.0882. The molecule has 0 saturated heterocycles. The summed E-state index contributed by atoms with van der Waals surface area (Å²) in [6.45, 7) is 4.61. The molecule has 1 aromatic carbocycles. The van der Waals surface area contributed by atoms with Crippen molar-refractivity contribution < 1.29 is 33.7 Å². The van der Waals surface area contributed by atoms with Crippen molar-refractivity contribution in [3.05, 3.63) is 29.8 Å². The monoisotopic (exact) mass is 425 g/mol. The van der Waals surface area contributed by atoms with E-state index >= 15 is 0 Å². The van der Waals surface area contributed by atoms with Gasteiger partial charge in [-0.2, -0.15) is 0 Å². The number of aliphatic hydroxyl groups is 1. The molecule has 3 amide bonds. The number of amides is 3. The van der Waals surface area contributed by atoms with Gasteiger partial charge in [0.15, 0.2) is 0 Å². The van der Waals surface area contributed by atoms with E-state index in [-0.39, 0.29) is 25.8 Å². The van der Waals surface area contributed by atoms with Crippen molar-refractivity contribution in [1.82, 2.24) is 10.2 Å². The molecule has 0 heterocycles. The molecule has 1 unspecified atom stereocenters. The SMILES string of the molecule is COC(=O)CNC(=O)c1ccc(NC(=O)N(C)CC(O)COCCOC(C)C)cc1. The van der Waals surface area contributed by atoms with Crippen LogP contribution in [-0.4, -0.2) is 87.2 Å². The number of aliphatic hydroxyl groups excluding tert-OH is 1. The van der Waals surface area contributed by atoms with Crippen LogP contribution in [0.15, 0.2) is 24.3 Å². The standard InChI is InChI=1S/C20H31N3O7/c1-14(2)30-10-9-29-13-17(24)12-23(3)20(27)22-16-7-5-15(6-8-16)19(26)21-11-18(25)28-4/h5-8,14,17,24H,9-13H2,1-4H3,(H,21,26)(H,22,27). The lowest BCUT2D eigenvalue weighted by Crippen LogP contribution is -2.39. The maximum absolute atomic E-state index is 12.2. The second kappa shape index (κ2) is 13.5. The zero-order chi connectivity index (χ0) is 22.5. The van der Waals surface area contributed by atoms with Crippen molar-refractivity contribution in [3.8, 4) is 0 Å². The molecule has 0 saturated carbocycles. The first-order valence-electron chi connectivity index (χ1n) is 9.57. The molecule has 30 heavy (non-hydrogen) atoms. The summed E-state index contributed by atoms with van der Waals surface area (Å²) in [5.41, 5.74) is 0.812. The largest absolute Gasteiger partial charge is 0.468 e. The quantitative estimate of drug-likeness (QED) is 0.335. The summed E-state index contributed by atoms with van der Waals surface area (Å²) in [6.07, 6.45) is -0.711. The maximum Gasteiger partial charge on any atom is 0.325 e. The Morgan fingerprint density at radius 3 is 2.40 bits per heavy atom. The van der Waals surface area contributed by atoms with Gasteiger partial charge in [-0.25, -0.2) is 4.79 Å². The van der Waals surface area contributed by atoms with Crippen molar-refractivity contribution in [2.24, 2.45) is 0 Å². The smallest absolute Gasteiger partial charge is 0.325 e. The summed E-state index contributed by atoms with van der Waals surface area (Å²) >= 11 is 0. The van der Waals surface area contributed by atoms with E-state index in [2.05, 4.69) is 15.4 Å². The molecule has 0 radical (unpaired) electrons. The number of urea groups is 1. The Morgan fingerprint density at radius 2 is 1.80 bits per heavy atom. The van der Waals surface area contributed by atoms with Crippen LogP contribution in [0.25, 0.3) is 0 Å². The highest BCUT2D eigenvalue weighted by molar-refractivity contribution is 5.96. The number of esters is 1. The minimum atomic E-state index is -0.833. The van der Waals surface area contributed by atoms with E-state index in [1.807, 2.05) is 13.8 Å². The van der Waals surface area contributed by atoms with E-state index in [1.54, 1.807) is 19.2 Å². The highest BCUT2D eigenvalue weighted by atomic mass is 16.5. The number of likely N-dealkylation sites (N-methyl/N-ethyl adjacent to an activating group) is 1. The number of carbonyl (C=O) groups is 3. The first-order chi connectivity index (χ1) is 14.2. The third-order valence-corrected chi connectivity index (χ3v) is 3.84. The fourth-order valence-electron chi connectivity index (χ4n) is 2.26. The summed E-state index contributed by atoms with van der Waals surface area (Å²) in [7, 11) is 2.78. The highest BCUT2D eigenvalue weighted by Crippen LogP contribution is 2.10. The van der Waals surface area contributed by atoms with E-state index in [1.165, 1.54) is 24.1 Å². The number of nitrogens with one attached hydrogen (secondary N) is 2. The van der Waals surface area contributed by atoms with Crippen LogP contribution < -0.4 is 10.6 Å². The van der Waals surface area contributed by atoms with Crippen molar-refractivity contribution in [1.29, 1.82) is 0 Å². The van der Waals surface area contributed by atoms with Gasteiger partial charge in [-0.3, -0.25) is 9.59 Å². The number of rotatable bonds is 12. The first-order valence-corrected chi connectivity index (χ1v) is 9.57. The van der Waals surface area contributed by atoms with E-state index in [0.29, 0.717) is 24.5 Å². The Morgan fingerprint density at radius 1 is 1.13 bits per heavy atom. The normalized spacial score (nSPS) is 11.7. The number of benzene rings is 1. The van der Waals surface area contributed by atoms with Crippen molar-refractivity contribution in [2.75, 3.05) is 52.4 Å². The number of ether oxygens (including phenoxy) is 3. The molecule has 10 nitrogen and oxygen atoms in total. The van der Waals surface area contributed by atoms with Crippen LogP contribution >= 0.6 is 0 Å². The average Bonchev–Trinajstić information content (AvgIpc) is 2.71. The Hall–Kier alpha value is -2.69. The van der Waals surface area contributed by atoms with Crippen molar-refractivity contribution >= 4 is 23.6 Å². The van der Waals surface area contributed by atoms with Gasteiger partial charge in [-0.15, -0.1) is 0 Å². The van der Waals surface area contributed by atoms with Crippen molar-refractivity contribution in [3.63, 3.8) is 0 Å². The van der Waals surface area contributed by atoms with E-state index in [4.69, 9.17) is 9.47 Å². The Bertz CT molecular complexity index is 679. The predicted molar refractivity (Wildman–Crippen MR) is 110 cm³/mol. The van der Waals surface area contributed by atoms with Crippen LogP contribution in [0, 0.1) is 0 Å². The van der Waals surface area contributed by atoms with Gasteiger partial charge in [0.05, 0.1) is 45.7 Å². The molecule has 168 valence electrons. The molecule has 0 spiro atoms. The van der Waals surface area contributed by atoms with Gasteiger partial charge in [-0.1, -0.05) is 0 Å². The van der Waals surface area contributed by atoms with Crippen LogP contribution in [0.1, 0.15) is 24.2 Å². The molecule has 0 aliphatic carbocycles. The van der Waals surface area contributed by atoms with Crippen LogP contribution in [0.4, 0.5) is 10.5 Å². The van der Waals surface area contributed by atoms with Gasteiger partial charge in [-0.05, 0) is 38.1 Å². The van der Waals surface area contributed by atoms with Gasteiger partial charge in [0.25, 0.3) is 5.91 Å². The summed E-state index contributed by atoms with van der Waals surface area (Å²) in [4.78, 5) is 36.6. The Labute approximate surface area is 176 Å². The number of hydrogen-bond donors (Lipinski definition) is 3. The lowest BCUT2D eigenvalue weighted by molar-refractivity contribution is -0.139. The highest BCUT2D eigenvalue weighted by Gasteiger charge is 2.15. The number of nitrogens with zero attached hydrogens (tertiary/aromatic N) is 1. The Balaban J connectivity index is 2.38. The number of hydrogen-bond acceptors (Lipinski definition) is 7. The van der Waals surface area contributed by atoms with Crippen LogP contribution in [0.2, 0.25) is 0 Å². The lowest BCUT2D eigenvalue weighted by Gasteiger charge is -2.21. The molecule has 1 atom stereocenters. The molecule has 0 bridgehead atoms. The molecule has 0 aliphatic heterocycles. The average molecular weight is 425 g/mol. The third kappa shape index (κ3) is 10.2. The molecule has 1 aromatic rings. The second-order valence-corrected chi connectivity index (χ2v) is 6.80. The van der Waals surface area contributed by atoms with Gasteiger partial charge >= 0.3 is 12.0 Å². The number of methoxy groups -OCH3 is 1. The predicted octanol–water partition coefficient (Wildman–Crippen LogP) is 0.856. The van der Waals surface area contributed by atoms with Gasteiger partial charge in [0.1, 0.15) is 6.54 Å². The van der Waals surface area contributed by atoms with Gasteiger partial charge in [0, 0.05) is 18.3 Å². The molecule has 0 aromatic heterocycles. The molecule has 0 fully saturated rings. The van der Waals surface area contributed by atoms with Crippen LogP contribution in [0.3, 0.4) is 0 Å². The van der Waals surface area contributed by atoms with E-state index in [0.717, 1.165) is 0 Å². The zero-order valence-corrected chi connectivity index (χ0v) is 17.8. The summed E-state index contributed by atoms with van der Waals surface area (Å²) in [6, 6.07) is 5.74. The molecule has 3 N–H and O–H groups in total. The van der Waals surface area contributed by atoms with Gasteiger partial charge < -0.3 is 34.9 Å². The van der Waals surface area contributed by atoms with Crippen molar-refractivity contribution in [2.45, 2.75) is 26.1 Å². The topological polar surface area (TPSA) is 126 Å². The van der Waals surface area contributed by atoms with Crippen LogP contribution in [0.5, 0.6) is 0 Å². The zero-order valence-electron chi connectivity index (χ0n) is 17.8. The van der Waals surface area contributed by atoms with Crippen LogP contribution in [-0.2, 0) is 19.0 Å². The minimum Gasteiger partial charge on any atom is -0.468 e. The van der Waals surface area contributed by atoms with E-state index in [9.17, 15) is 19.5 Å². The molecule has 0 aliphatic rings. The van der Waals surface area contributed by atoms with E-state index < -0.39 is 24.0 Å². The summed E-state index contributed by atoms with van der Waals surface area (Å²) in [5, 5.41) is 15.1. The summed E-state index contributed by atoms with van der Waals surface area (Å²) in [5.74, 6) is -0.982. The Kier molecular flexibility index (Phi) is 11.4. The second-order valence-electron chi connectivity index (χ2n) is 6.80. The lowest BCUT2D eigenvalue weighted by atomic mass is 10.2. The summed E-state index contributed by atoms with van der Waals surface area (Å²) < 4.78 is 15.1.